The van der Waals surface area contributed by atoms with Gasteiger partial charge in [-0.25, -0.2) is 4.79 Å². The number of hydrogen-bond donors (Lipinski definition) is 7. The van der Waals surface area contributed by atoms with Gasteiger partial charge in [-0.2, -0.15) is 0 Å². The molecule has 0 aromatic heterocycles. The summed E-state index contributed by atoms with van der Waals surface area (Å²) >= 11 is 0. The summed E-state index contributed by atoms with van der Waals surface area (Å²) in [7, 11) is 0. The lowest BCUT2D eigenvalue weighted by atomic mass is 9.97. The SMILES string of the molecule is C[C@@H]1O[C@@H](O[C@H]2[C@H](O)[C@@H](C(=O)O)OC(O)[C@@H]2O)[C@H](O)[C@H](O)[C@H]1O. The van der Waals surface area contributed by atoms with Crippen molar-refractivity contribution in [2.45, 2.75) is 68.3 Å². The molecular weight excluding hydrogens is 320 g/mol. The first-order valence-electron chi connectivity index (χ1n) is 6.92. The molecule has 0 aliphatic carbocycles. The summed E-state index contributed by atoms with van der Waals surface area (Å²) in [6.45, 7) is 1.39. The Balaban J connectivity index is 2.14. The minimum Gasteiger partial charge on any atom is -0.479 e. The Kier molecular flexibility index (Phi) is 5.56. The number of carbonyl (C=O) groups is 1. The molecule has 0 radical (unpaired) electrons. The lowest BCUT2D eigenvalue weighted by Crippen LogP contribution is -2.64. The van der Waals surface area contributed by atoms with E-state index in [1.54, 1.807) is 0 Å². The molecule has 2 saturated heterocycles. The molecule has 11 nitrogen and oxygen atoms in total. The van der Waals surface area contributed by atoms with Crippen LogP contribution in [0, 0.1) is 0 Å². The molecule has 11 heteroatoms. The fourth-order valence-electron chi connectivity index (χ4n) is 2.49. The maximum Gasteiger partial charge on any atom is 0.335 e. The van der Waals surface area contributed by atoms with E-state index in [0.29, 0.717) is 0 Å². The average molecular weight is 340 g/mol. The molecule has 2 heterocycles. The van der Waals surface area contributed by atoms with Crippen LogP contribution in [0.5, 0.6) is 0 Å². The lowest BCUT2D eigenvalue weighted by Gasteiger charge is -2.44. The van der Waals surface area contributed by atoms with Crippen LogP contribution in [-0.4, -0.2) is 103 Å². The van der Waals surface area contributed by atoms with Crippen LogP contribution in [-0.2, 0) is 19.0 Å². The first-order valence-corrected chi connectivity index (χ1v) is 6.92. The molecule has 1 unspecified atom stereocenters. The van der Waals surface area contributed by atoms with Crippen LogP contribution in [0.3, 0.4) is 0 Å². The molecule has 7 N–H and O–H groups in total. The van der Waals surface area contributed by atoms with E-state index >= 15 is 0 Å². The average Bonchev–Trinajstić information content (AvgIpc) is 2.49. The van der Waals surface area contributed by atoms with Gasteiger partial charge in [-0.1, -0.05) is 0 Å². The minimum atomic E-state index is -1.95. The second-order valence-electron chi connectivity index (χ2n) is 5.55. The van der Waals surface area contributed by atoms with Crippen LogP contribution in [0.15, 0.2) is 0 Å². The van der Waals surface area contributed by atoms with Gasteiger partial charge in [0.15, 0.2) is 18.7 Å². The third kappa shape index (κ3) is 3.47. The highest BCUT2D eigenvalue weighted by molar-refractivity contribution is 5.73. The molecule has 2 fully saturated rings. The van der Waals surface area contributed by atoms with E-state index in [-0.39, 0.29) is 0 Å². The summed E-state index contributed by atoms with van der Waals surface area (Å²) in [5.74, 6) is -1.59. The molecule has 2 aliphatic heterocycles. The Labute approximate surface area is 130 Å². The summed E-state index contributed by atoms with van der Waals surface area (Å²) < 4.78 is 14.9. The van der Waals surface area contributed by atoms with Crippen LogP contribution in [0.25, 0.3) is 0 Å². The van der Waals surface area contributed by atoms with E-state index in [1.165, 1.54) is 6.92 Å². The van der Waals surface area contributed by atoms with Gasteiger partial charge in [-0.3, -0.25) is 0 Å². The highest BCUT2D eigenvalue weighted by atomic mass is 16.7. The number of aliphatic hydroxyl groups is 6. The second-order valence-corrected chi connectivity index (χ2v) is 5.55. The second kappa shape index (κ2) is 6.93. The lowest BCUT2D eigenvalue weighted by molar-refractivity contribution is -0.348. The van der Waals surface area contributed by atoms with Crippen molar-refractivity contribution in [3.63, 3.8) is 0 Å². The zero-order valence-corrected chi connectivity index (χ0v) is 12.0. The van der Waals surface area contributed by atoms with Crippen molar-refractivity contribution in [3.8, 4) is 0 Å². The van der Waals surface area contributed by atoms with Crippen molar-refractivity contribution in [2.24, 2.45) is 0 Å². The van der Waals surface area contributed by atoms with Gasteiger partial charge in [-0.05, 0) is 6.92 Å². The molecule has 2 aliphatic rings. The largest absolute Gasteiger partial charge is 0.479 e. The predicted molar refractivity (Wildman–Crippen MR) is 67.8 cm³/mol. The van der Waals surface area contributed by atoms with E-state index in [1.807, 2.05) is 0 Å². The van der Waals surface area contributed by atoms with Gasteiger partial charge in [0.1, 0.15) is 36.6 Å². The normalized spacial score (nSPS) is 51.4. The van der Waals surface area contributed by atoms with Crippen LogP contribution >= 0.6 is 0 Å². The zero-order chi connectivity index (χ0) is 17.5. The molecule has 0 saturated carbocycles. The quantitative estimate of drug-likeness (QED) is 0.263. The molecule has 0 aromatic carbocycles. The fourth-order valence-corrected chi connectivity index (χ4v) is 2.49. The Bertz CT molecular complexity index is 431. The topological polar surface area (TPSA) is 186 Å². The van der Waals surface area contributed by atoms with E-state index in [2.05, 4.69) is 4.74 Å². The van der Waals surface area contributed by atoms with Gasteiger partial charge in [0.2, 0.25) is 0 Å². The van der Waals surface area contributed by atoms with Gasteiger partial charge in [-0.15, -0.1) is 0 Å². The molecule has 10 atom stereocenters. The van der Waals surface area contributed by atoms with Crippen LogP contribution in [0.4, 0.5) is 0 Å². The number of hydrogen-bond acceptors (Lipinski definition) is 10. The molecule has 0 bridgehead atoms. The van der Waals surface area contributed by atoms with Crippen molar-refractivity contribution in [1.29, 1.82) is 0 Å². The van der Waals surface area contributed by atoms with Crippen molar-refractivity contribution < 1.29 is 54.8 Å². The van der Waals surface area contributed by atoms with Crippen molar-refractivity contribution in [2.75, 3.05) is 0 Å². The maximum atomic E-state index is 11.0. The van der Waals surface area contributed by atoms with Gasteiger partial charge < -0.3 is 50.0 Å². The Hall–Kier alpha value is -0.890. The highest BCUT2D eigenvalue weighted by Crippen LogP contribution is 2.28. The number of rotatable bonds is 3. The number of aliphatic hydroxyl groups excluding tert-OH is 6. The van der Waals surface area contributed by atoms with Crippen molar-refractivity contribution in [3.05, 3.63) is 0 Å². The molecule has 0 amide bonds. The Morgan fingerprint density at radius 2 is 1.48 bits per heavy atom. The van der Waals surface area contributed by atoms with Crippen LogP contribution in [0.2, 0.25) is 0 Å². The molecule has 0 aromatic rings. The summed E-state index contributed by atoms with van der Waals surface area (Å²) in [6, 6.07) is 0. The first-order chi connectivity index (χ1) is 10.6. The fraction of sp³-hybridized carbons (Fsp3) is 0.917. The van der Waals surface area contributed by atoms with Crippen LogP contribution in [0.1, 0.15) is 6.92 Å². The number of aliphatic carboxylic acids is 1. The molecule has 23 heavy (non-hydrogen) atoms. The molecule has 0 spiro atoms. The van der Waals surface area contributed by atoms with E-state index in [4.69, 9.17) is 14.6 Å². The number of ether oxygens (including phenoxy) is 3. The summed E-state index contributed by atoms with van der Waals surface area (Å²) in [5, 5.41) is 67.3. The smallest absolute Gasteiger partial charge is 0.335 e. The first kappa shape index (κ1) is 18.4. The van der Waals surface area contributed by atoms with Gasteiger partial charge in [0.05, 0.1) is 6.10 Å². The highest BCUT2D eigenvalue weighted by Gasteiger charge is 2.51. The van der Waals surface area contributed by atoms with E-state index < -0.39 is 67.4 Å². The van der Waals surface area contributed by atoms with E-state index in [9.17, 15) is 35.4 Å². The third-order valence-corrected chi connectivity index (χ3v) is 3.90. The zero-order valence-electron chi connectivity index (χ0n) is 12.0. The summed E-state index contributed by atoms with van der Waals surface area (Å²) in [6.07, 6.45) is -16.4. The van der Waals surface area contributed by atoms with Gasteiger partial charge in [0.25, 0.3) is 0 Å². The third-order valence-electron chi connectivity index (χ3n) is 3.90. The monoisotopic (exact) mass is 340 g/mol. The van der Waals surface area contributed by atoms with Crippen molar-refractivity contribution >= 4 is 5.97 Å². The molecule has 2 rings (SSSR count). The maximum absolute atomic E-state index is 11.0. The predicted octanol–water partition coefficient (Wildman–Crippen LogP) is -4.28. The van der Waals surface area contributed by atoms with Crippen molar-refractivity contribution in [1.82, 2.24) is 0 Å². The summed E-state index contributed by atoms with van der Waals surface area (Å²) in [4.78, 5) is 11.0. The van der Waals surface area contributed by atoms with Crippen LogP contribution < -0.4 is 0 Å². The molecule has 134 valence electrons. The number of carboxylic acid groups (broad SMARTS) is 1. The van der Waals surface area contributed by atoms with Gasteiger partial charge in [0, 0.05) is 0 Å². The molecular formula is C12H20O11. The van der Waals surface area contributed by atoms with E-state index in [0.717, 1.165) is 0 Å². The minimum absolute atomic E-state index is 0.937. The Morgan fingerprint density at radius 1 is 0.870 bits per heavy atom. The number of carboxylic acids is 1. The van der Waals surface area contributed by atoms with Gasteiger partial charge >= 0.3 is 5.97 Å². The standard InChI is InChI=1S/C12H20O11/c1-2-3(13)4(14)5(15)12(21-2)23-8-6(16)9(10(18)19)22-11(20)7(8)17/h2-9,11-17,20H,1H3,(H,18,19)/t2-,3-,4+,5+,6-,7+,8-,9-,11?,12-/m0/s1. The summed E-state index contributed by atoms with van der Waals surface area (Å²) in [5.41, 5.74) is 0. The Morgan fingerprint density at radius 3 is 2.04 bits per heavy atom.